The van der Waals surface area contributed by atoms with E-state index in [1.807, 2.05) is 0 Å². The van der Waals surface area contributed by atoms with Crippen molar-refractivity contribution >= 4 is 33.5 Å². The van der Waals surface area contributed by atoms with Crippen molar-refractivity contribution in [3.05, 3.63) is 83.4 Å². The molecule has 0 saturated carbocycles. The number of fused-ring (bicyclic) bond motifs is 5. The highest BCUT2D eigenvalue weighted by molar-refractivity contribution is 6.14. The third-order valence-corrected chi connectivity index (χ3v) is 5.43. The van der Waals surface area contributed by atoms with Crippen LogP contribution in [0, 0.1) is 0 Å². The number of nitrogens with one attached hydrogen (secondary N) is 1. The molecule has 1 aromatic heterocycles. The lowest BCUT2D eigenvalue weighted by molar-refractivity contribution is 0.705. The highest BCUT2D eigenvalue weighted by Crippen LogP contribution is 2.49. The van der Waals surface area contributed by atoms with E-state index in [1.54, 1.807) is 0 Å². The number of H-pyrrole nitrogens is 1. The molecule has 24 heavy (non-hydrogen) atoms. The summed E-state index contributed by atoms with van der Waals surface area (Å²) in [5.41, 5.74) is 7.94. The number of benzene rings is 3. The molecule has 3 aromatic carbocycles. The molecule has 116 valence electrons. The van der Waals surface area contributed by atoms with E-state index in [-0.39, 0.29) is 5.41 Å². The number of para-hydroxylation sites is 1. The van der Waals surface area contributed by atoms with E-state index in [0.29, 0.717) is 0 Å². The van der Waals surface area contributed by atoms with Crippen LogP contribution in [0.3, 0.4) is 0 Å². The normalized spacial score (nSPS) is 15.7. The molecule has 5 rings (SSSR count). The summed E-state index contributed by atoms with van der Waals surface area (Å²) in [6.07, 6.45) is 2.40. The SMILES string of the molecule is CC1(C)C(c2ccccc2)=Cc2c1ccc1[nH]c3ccccc3c21. The molecule has 0 spiro atoms. The van der Waals surface area contributed by atoms with Gasteiger partial charge < -0.3 is 4.98 Å². The molecule has 0 fully saturated rings. The molecule has 4 aromatic rings. The first-order chi connectivity index (χ1) is 11.7. The van der Waals surface area contributed by atoms with Crippen molar-refractivity contribution in [1.82, 2.24) is 4.98 Å². The summed E-state index contributed by atoms with van der Waals surface area (Å²) >= 11 is 0. The first-order valence-corrected chi connectivity index (χ1v) is 8.48. The van der Waals surface area contributed by atoms with Crippen molar-refractivity contribution in [3.8, 4) is 0 Å². The Morgan fingerprint density at radius 1 is 0.750 bits per heavy atom. The Kier molecular flexibility index (Phi) is 2.62. The number of aromatic amines is 1. The van der Waals surface area contributed by atoms with Gasteiger partial charge in [0.05, 0.1) is 0 Å². The fourth-order valence-corrected chi connectivity index (χ4v) is 4.20. The van der Waals surface area contributed by atoms with Crippen molar-refractivity contribution in [2.24, 2.45) is 0 Å². The zero-order chi connectivity index (χ0) is 16.3. The third-order valence-electron chi connectivity index (χ3n) is 5.43. The van der Waals surface area contributed by atoms with Gasteiger partial charge in [0, 0.05) is 27.2 Å². The Morgan fingerprint density at radius 2 is 1.50 bits per heavy atom. The average Bonchev–Trinajstić information content (AvgIpc) is 3.10. The number of hydrogen-bond donors (Lipinski definition) is 1. The lowest BCUT2D eigenvalue weighted by Gasteiger charge is -2.25. The van der Waals surface area contributed by atoms with Crippen LogP contribution in [0.1, 0.15) is 30.5 Å². The van der Waals surface area contributed by atoms with Crippen LogP contribution >= 0.6 is 0 Å². The summed E-state index contributed by atoms with van der Waals surface area (Å²) in [6.45, 7) is 4.66. The Morgan fingerprint density at radius 3 is 2.33 bits per heavy atom. The van der Waals surface area contributed by atoms with E-state index in [1.165, 1.54) is 44.1 Å². The molecule has 0 unspecified atom stereocenters. The van der Waals surface area contributed by atoms with Gasteiger partial charge in [-0.15, -0.1) is 0 Å². The Hall–Kier alpha value is -2.80. The fourth-order valence-electron chi connectivity index (χ4n) is 4.20. The molecule has 1 aliphatic carbocycles. The zero-order valence-electron chi connectivity index (χ0n) is 13.9. The van der Waals surface area contributed by atoms with Crippen LogP contribution in [0.25, 0.3) is 33.5 Å². The van der Waals surface area contributed by atoms with E-state index in [0.717, 1.165) is 0 Å². The molecule has 0 atom stereocenters. The van der Waals surface area contributed by atoms with Crippen LogP contribution in [-0.2, 0) is 5.41 Å². The summed E-state index contributed by atoms with van der Waals surface area (Å²) < 4.78 is 0. The summed E-state index contributed by atoms with van der Waals surface area (Å²) in [6, 6.07) is 23.9. The standard InChI is InChI=1S/C23H19N/c1-23(2)18-12-13-21-22(16-10-6-7-11-20(16)24-21)17(18)14-19(23)15-8-4-3-5-9-15/h3-14,24H,1-2H3. The minimum Gasteiger partial charge on any atom is -0.354 e. The first kappa shape index (κ1) is 13.6. The number of hydrogen-bond acceptors (Lipinski definition) is 0. The molecule has 0 saturated heterocycles. The minimum atomic E-state index is 0.0171. The monoisotopic (exact) mass is 309 g/mol. The van der Waals surface area contributed by atoms with Gasteiger partial charge >= 0.3 is 0 Å². The molecular weight excluding hydrogens is 290 g/mol. The zero-order valence-corrected chi connectivity index (χ0v) is 13.9. The van der Waals surface area contributed by atoms with Gasteiger partial charge in [-0.1, -0.05) is 68.4 Å². The van der Waals surface area contributed by atoms with E-state index in [9.17, 15) is 0 Å². The molecule has 0 bridgehead atoms. The molecule has 0 radical (unpaired) electrons. The second-order valence-electron chi connectivity index (χ2n) is 7.17. The molecular formula is C23H19N. The second-order valence-corrected chi connectivity index (χ2v) is 7.17. The van der Waals surface area contributed by atoms with Crippen molar-refractivity contribution in [2.45, 2.75) is 19.3 Å². The molecule has 1 aliphatic rings. The highest BCUT2D eigenvalue weighted by Gasteiger charge is 2.34. The third kappa shape index (κ3) is 1.70. The Bertz CT molecular complexity index is 1110. The smallest absolute Gasteiger partial charge is 0.0471 e. The predicted molar refractivity (Wildman–Crippen MR) is 103 cm³/mol. The number of allylic oxidation sites excluding steroid dienone is 1. The maximum Gasteiger partial charge on any atom is 0.0471 e. The molecule has 0 aliphatic heterocycles. The lowest BCUT2D eigenvalue weighted by Crippen LogP contribution is -2.16. The summed E-state index contributed by atoms with van der Waals surface area (Å²) in [5, 5.41) is 2.66. The van der Waals surface area contributed by atoms with Gasteiger partial charge in [-0.2, -0.15) is 0 Å². The van der Waals surface area contributed by atoms with E-state index < -0.39 is 0 Å². The van der Waals surface area contributed by atoms with Gasteiger partial charge in [0.2, 0.25) is 0 Å². The predicted octanol–water partition coefficient (Wildman–Crippen LogP) is 6.15. The highest BCUT2D eigenvalue weighted by atomic mass is 14.7. The molecule has 1 N–H and O–H groups in total. The van der Waals surface area contributed by atoms with Crippen molar-refractivity contribution < 1.29 is 0 Å². The van der Waals surface area contributed by atoms with E-state index in [4.69, 9.17) is 0 Å². The number of aromatic nitrogens is 1. The molecule has 1 heterocycles. The lowest BCUT2D eigenvalue weighted by atomic mass is 9.78. The van der Waals surface area contributed by atoms with E-state index in [2.05, 4.69) is 91.6 Å². The van der Waals surface area contributed by atoms with Crippen LogP contribution in [0.4, 0.5) is 0 Å². The largest absolute Gasteiger partial charge is 0.354 e. The molecule has 0 amide bonds. The molecule has 1 nitrogen and oxygen atoms in total. The summed E-state index contributed by atoms with van der Waals surface area (Å²) in [5.74, 6) is 0. The molecule has 1 heteroatoms. The van der Waals surface area contributed by atoms with E-state index >= 15 is 0 Å². The van der Waals surface area contributed by atoms with Gasteiger partial charge in [-0.05, 0) is 40.5 Å². The van der Waals surface area contributed by atoms with Crippen LogP contribution in [0.15, 0.2) is 66.7 Å². The van der Waals surface area contributed by atoms with Crippen molar-refractivity contribution in [3.63, 3.8) is 0 Å². The Balaban J connectivity index is 1.88. The maximum absolute atomic E-state index is 3.56. The average molecular weight is 309 g/mol. The first-order valence-electron chi connectivity index (χ1n) is 8.48. The van der Waals surface area contributed by atoms with Gasteiger partial charge in [-0.3, -0.25) is 0 Å². The van der Waals surface area contributed by atoms with Crippen molar-refractivity contribution in [2.75, 3.05) is 0 Å². The van der Waals surface area contributed by atoms with Gasteiger partial charge in [-0.25, -0.2) is 0 Å². The fraction of sp³-hybridized carbons (Fsp3) is 0.130. The van der Waals surface area contributed by atoms with Gasteiger partial charge in [0.15, 0.2) is 0 Å². The number of rotatable bonds is 1. The second kappa shape index (κ2) is 4.61. The van der Waals surface area contributed by atoms with Crippen molar-refractivity contribution in [1.29, 1.82) is 0 Å². The summed E-state index contributed by atoms with van der Waals surface area (Å²) in [7, 11) is 0. The summed E-state index contributed by atoms with van der Waals surface area (Å²) in [4.78, 5) is 3.56. The Labute approximate surface area is 141 Å². The van der Waals surface area contributed by atoms with Crippen LogP contribution in [-0.4, -0.2) is 4.98 Å². The van der Waals surface area contributed by atoms with Gasteiger partial charge in [0.1, 0.15) is 0 Å². The van der Waals surface area contributed by atoms with Crippen LogP contribution < -0.4 is 0 Å². The maximum atomic E-state index is 3.56. The van der Waals surface area contributed by atoms with Gasteiger partial charge in [0.25, 0.3) is 0 Å². The minimum absolute atomic E-state index is 0.0171. The topological polar surface area (TPSA) is 15.8 Å². The van der Waals surface area contributed by atoms with Crippen LogP contribution in [0.5, 0.6) is 0 Å². The van der Waals surface area contributed by atoms with Crippen LogP contribution in [0.2, 0.25) is 0 Å². The quantitative estimate of drug-likeness (QED) is 0.434.